The lowest BCUT2D eigenvalue weighted by atomic mass is 9.99. The van der Waals surface area contributed by atoms with Gasteiger partial charge in [-0.2, -0.15) is 0 Å². The van der Waals surface area contributed by atoms with Gasteiger partial charge in [-0.25, -0.2) is 0 Å². The highest BCUT2D eigenvalue weighted by molar-refractivity contribution is 5.80. The average Bonchev–Trinajstić information content (AvgIpc) is 3.16. The highest BCUT2D eigenvalue weighted by Crippen LogP contribution is 2.22. The van der Waals surface area contributed by atoms with Crippen LogP contribution < -0.4 is 5.32 Å². The van der Waals surface area contributed by atoms with Gasteiger partial charge >= 0.3 is 0 Å². The van der Waals surface area contributed by atoms with Crippen LogP contribution in [0.25, 0.3) is 0 Å². The zero-order valence-electron chi connectivity index (χ0n) is 33.4. The Hall–Kier alpha value is -1.63. The van der Waals surface area contributed by atoms with Crippen LogP contribution in [-0.4, -0.2) is 98.7 Å². The van der Waals surface area contributed by atoms with E-state index in [-0.39, 0.29) is 6.61 Å². The molecule has 10 nitrogen and oxygen atoms in total. The van der Waals surface area contributed by atoms with Gasteiger partial charge in [0.05, 0.1) is 25.4 Å². The third-order valence-corrected chi connectivity index (χ3v) is 10.1. The molecule has 0 saturated carbocycles. The van der Waals surface area contributed by atoms with Gasteiger partial charge in [0.25, 0.3) is 0 Å². The summed E-state index contributed by atoms with van der Waals surface area (Å²) in [6.07, 6.45) is 29.5. The van der Waals surface area contributed by atoms with Gasteiger partial charge in [-0.05, 0) is 38.5 Å². The smallest absolute Gasteiger partial charge is 0.249 e. The largest absolute Gasteiger partial charge is 0.394 e. The summed E-state index contributed by atoms with van der Waals surface area (Å²) in [5, 5.41) is 64.4. The number of aliphatic hydroxyl groups excluding tert-OH is 6. The van der Waals surface area contributed by atoms with Crippen molar-refractivity contribution in [3.8, 4) is 0 Å². The highest BCUT2D eigenvalue weighted by atomic mass is 16.7. The molecule has 1 rings (SSSR count). The Kier molecular flexibility index (Phi) is 31.4. The Morgan fingerprint density at radius 3 is 1.62 bits per heavy atom. The fourth-order valence-electron chi connectivity index (χ4n) is 6.47. The number of aliphatic hydroxyl groups is 6. The van der Waals surface area contributed by atoms with Crippen LogP contribution in [-0.2, 0) is 14.3 Å². The molecule has 8 atom stereocenters. The summed E-state index contributed by atoms with van der Waals surface area (Å²) in [5.41, 5.74) is 0. The number of carbonyl (C=O) groups is 1. The fraction of sp³-hybridized carbons (Fsp3) is 0.837. The summed E-state index contributed by atoms with van der Waals surface area (Å²) in [6, 6.07) is -0.999. The van der Waals surface area contributed by atoms with Gasteiger partial charge in [-0.15, -0.1) is 0 Å². The molecule has 8 unspecified atom stereocenters. The van der Waals surface area contributed by atoms with Crippen molar-refractivity contribution in [1.29, 1.82) is 0 Å². The fourth-order valence-corrected chi connectivity index (χ4v) is 6.47. The molecular formula is C43H79NO9. The van der Waals surface area contributed by atoms with E-state index in [1.807, 2.05) is 6.08 Å². The van der Waals surface area contributed by atoms with Crippen LogP contribution in [0.3, 0.4) is 0 Å². The van der Waals surface area contributed by atoms with Crippen molar-refractivity contribution in [3.05, 3.63) is 36.5 Å². The van der Waals surface area contributed by atoms with Crippen LogP contribution in [0.5, 0.6) is 0 Å². The molecule has 0 aromatic heterocycles. The van der Waals surface area contributed by atoms with Crippen molar-refractivity contribution in [3.63, 3.8) is 0 Å². The van der Waals surface area contributed by atoms with Crippen LogP contribution in [0, 0.1) is 0 Å². The number of amides is 1. The lowest BCUT2D eigenvalue weighted by molar-refractivity contribution is -0.302. The van der Waals surface area contributed by atoms with Gasteiger partial charge in [0, 0.05) is 0 Å². The van der Waals surface area contributed by atoms with Crippen molar-refractivity contribution in [2.45, 2.75) is 217 Å². The maximum absolute atomic E-state index is 13.0. The molecule has 1 aliphatic rings. The zero-order valence-corrected chi connectivity index (χ0v) is 33.4. The zero-order chi connectivity index (χ0) is 38.9. The molecule has 0 aromatic carbocycles. The van der Waals surface area contributed by atoms with Crippen molar-refractivity contribution < 1.29 is 44.9 Å². The number of nitrogens with one attached hydrogen (secondary N) is 1. The van der Waals surface area contributed by atoms with Crippen LogP contribution in [0.4, 0.5) is 0 Å². The number of hydrogen-bond acceptors (Lipinski definition) is 9. The third-order valence-electron chi connectivity index (χ3n) is 10.1. The van der Waals surface area contributed by atoms with Crippen molar-refractivity contribution in [1.82, 2.24) is 5.32 Å². The van der Waals surface area contributed by atoms with E-state index in [0.717, 1.165) is 44.9 Å². The number of allylic oxidation sites excluding steroid dienone is 5. The third kappa shape index (κ3) is 24.5. The summed E-state index contributed by atoms with van der Waals surface area (Å²) < 4.78 is 11.1. The van der Waals surface area contributed by atoms with E-state index in [2.05, 4.69) is 43.5 Å². The van der Waals surface area contributed by atoms with Crippen molar-refractivity contribution in [2.24, 2.45) is 0 Å². The molecule has 0 bridgehead atoms. The molecule has 1 aliphatic heterocycles. The first-order valence-corrected chi connectivity index (χ1v) is 21.3. The standard InChI is InChI=1S/C43H79NO9/c1-3-5-7-9-11-13-15-17-18-19-20-22-24-26-28-30-32-37(47)42(51)44-35(34-52-43-41(50)40(49)39(48)38(33-45)53-43)36(46)31-29-27-25-23-21-16-14-12-10-8-6-4-2/h10,12,21,23,29,31,35-41,43,45-50H,3-9,11,13-20,22,24-28,30,32-34H2,1-2H3,(H,44,51)/b12-10+,23-21+,31-29+. The Morgan fingerprint density at radius 1 is 0.642 bits per heavy atom. The molecule has 1 fully saturated rings. The predicted molar refractivity (Wildman–Crippen MR) is 213 cm³/mol. The van der Waals surface area contributed by atoms with Crippen LogP contribution in [0.1, 0.15) is 168 Å². The van der Waals surface area contributed by atoms with E-state index in [4.69, 9.17) is 9.47 Å². The molecule has 0 spiro atoms. The molecule has 0 radical (unpaired) electrons. The second kappa shape index (κ2) is 33.7. The summed E-state index contributed by atoms with van der Waals surface area (Å²) in [5.74, 6) is -0.632. The van der Waals surface area contributed by atoms with Gasteiger partial charge < -0.3 is 45.4 Å². The van der Waals surface area contributed by atoms with Gasteiger partial charge in [-0.1, -0.05) is 166 Å². The topological polar surface area (TPSA) is 169 Å². The first kappa shape index (κ1) is 49.4. The minimum absolute atomic E-state index is 0.303. The maximum Gasteiger partial charge on any atom is 0.249 e. The molecule has 1 amide bonds. The minimum atomic E-state index is -1.62. The van der Waals surface area contributed by atoms with E-state index in [1.54, 1.807) is 6.08 Å². The molecule has 310 valence electrons. The number of unbranched alkanes of at least 4 members (excludes halogenated alkanes) is 19. The number of carbonyl (C=O) groups excluding carboxylic acids is 1. The van der Waals surface area contributed by atoms with Gasteiger partial charge in [0.1, 0.15) is 30.5 Å². The second-order valence-corrected chi connectivity index (χ2v) is 14.9. The Labute approximate surface area is 322 Å². The molecule has 10 heteroatoms. The Morgan fingerprint density at radius 2 is 1.11 bits per heavy atom. The summed E-state index contributed by atoms with van der Waals surface area (Å²) in [7, 11) is 0. The molecule has 53 heavy (non-hydrogen) atoms. The molecule has 1 heterocycles. The minimum Gasteiger partial charge on any atom is -0.394 e. The highest BCUT2D eigenvalue weighted by Gasteiger charge is 2.44. The first-order valence-electron chi connectivity index (χ1n) is 21.3. The van der Waals surface area contributed by atoms with Crippen molar-refractivity contribution >= 4 is 5.91 Å². The lowest BCUT2D eigenvalue weighted by Crippen LogP contribution is -2.60. The SMILES string of the molecule is CCCC/C=C/CC/C=C/CC/C=C/C(O)C(COC1OC(CO)C(O)C(O)C1O)NC(=O)C(O)CCCCCCCCCCCCCCCCCC. The quantitative estimate of drug-likeness (QED) is 0.0268. The average molecular weight is 754 g/mol. The van der Waals surface area contributed by atoms with Crippen molar-refractivity contribution in [2.75, 3.05) is 13.2 Å². The summed E-state index contributed by atoms with van der Waals surface area (Å²) in [6.45, 7) is 3.52. The monoisotopic (exact) mass is 754 g/mol. The predicted octanol–water partition coefficient (Wildman–Crippen LogP) is 7.08. The van der Waals surface area contributed by atoms with Crippen LogP contribution in [0.15, 0.2) is 36.5 Å². The van der Waals surface area contributed by atoms with E-state index < -0.39 is 61.5 Å². The molecule has 7 N–H and O–H groups in total. The molecule has 0 aliphatic carbocycles. The van der Waals surface area contributed by atoms with E-state index in [1.165, 1.54) is 89.9 Å². The number of ether oxygens (including phenoxy) is 2. The lowest BCUT2D eigenvalue weighted by Gasteiger charge is -2.40. The maximum atomic E-state index is 13.0. The van der Waals surface area contributed by atoms with Gasteiger partial charge in [-0.3, -0.25) is 4.79 Å². The van der Waals surface area contributed by atoms with Crippen LogP contribution in [0.2, 0.25) is 0 Å². The number of rotatable bonds is 34. The second-order valence-electron chi connectivity index (χ2n) is 14.9. The molecule has 1 saturated heterocycles. The normalized spacial score (nSPS) is 22.6. The Balaban J connectivity index is 2.47. The van der Waals surface area contributed by atoms with Crippen LogP contribution >= 0.6 is 0 Å². The van der Waals surface area contributed by atoms with Gasteiger partial charge in [0.2, 0.25) is 5.91 Å². The number of hydrogen-bond donors (Lipinski definition) is 7. The van der Waals surface area contributed by atoms with E-state index in [9.17, 15) is 35.4 Å². The molecular weight excluding hydrogens is 674 g/mol. The first-order chi connectivity index (χ1) is 25.8. The Bertz CT molecular complexity index is 943. The van der Waals surface area contributed by atoms with E-state index in [0.29, 0.717) is 19.3 Å². The molecule has 0 aromatic rings. The van der Waals surface area contributed by atoms with Gasteiger partial charge in [0.15, 0.2) is 6.29 Å². The summed E-state index contributed by atoms with van der Waals surface area (Å²) in [4.78, 5) is 13.0. The summed E-state index contributed by atoms with van der Waals surface area (Å²) >= 11 is 0. The van der Waals surface area contributed by atoms with E-state index >= 15 is 0 Å².